The van der Waals surface area contributed by atoms with Gasteiger partial charge in [-0.05, 0) is 43.5 Å². The fourth-order valence-electron chi connectivity index (χ4n) is 2.72. The molecule has 0 saturated carbocycles. The summed E-state index contributed by atoms with van der Waals surface area (Å²) in [6.07, 6.45) is 5.87. The van der Waals surface area contributed by atoms with Crippen LogP contribution in [0.15, 0.2) is 36.7 Å². The minimum atomic E-state index is -2.30. The lowest BCUT2D eigenvalue weighted by Crippen LogP contribution is -2.24. The summed E-state index contributed by atoms with van der Waals surface area (Å²) in [4.78, 5) is 15.6. The Bertz CT molecular complexity index is 751. The van der Waals surface area contributed by atoms with E-state index in [0.717, 1.165) is 12.8 Å². The second kappa shape index (κ2) is 9.70. The first-order chi connectivity index (χ1) is 12.5. The molecule has 2 aromatic rings. The Hall–Kier alpha value is -1.90. The Balaban J connectivity index is 2.26. The Morgan fingerprint density at radius 3 is 2.69 bits per heavy atom. The van der Waals surface area contributed by atoms with E-state index < -0.39 is 11.3 Å². The highest BCUT2D eigenvalue weighted by Crippen LogP contribution is 2.31. The number of esters is 1. The van der Waals surface area contributed by atoms with E-state index in [4.69, 9.17) is 11.6 Å². The van der Waals surface area contributed by atoms with E-state index in [9.17, 15) is 13.6 Å². The average Bonchev–Trinajstić information content (AvgIpc) is 3.09. The molecule has 7 nitrogen and oxygen atoms in total. The quantitative estimate of drug-likeness (QED) is 0.506. The maximum Gasteiger partial charge on any atom is 0.305 e. The van der Waals surface area contributed by atoms with Gasteiger partial charge in [-0.1, -0.05) is 18.5 Å². The first-order valence-electron chi connectivity index (χ1n) is 8.24. The van der Waals surface area contributed by atoms with Crippen LogP contribution in [-0.4, -0.2) is 31.4 Å². The Kier molecular flexibility index (Phi) is 7.62. The third-order valence-electron chi connectivity index (χ3n) is 4.06. The Morgan fingerprint density at radius 1 is 1.42 bits per heavy atom. The molecule has 0 aliphatic carbocycles. The summed E-state index contributed by atoms with van der Waals surface area (Å²) >= 11 is 3.60. The summed E-state index contributed by atoms with van der Waals surface area (Å²) in [7, 11) is 1.37. The number of hydrogen-bond donors (Lipinski definition) is 1. The normalized spacial score (nSPS) is 13.2. The molecule has 1 aromatic heterocycles. The van der Waals surface area contributed by atoms with Crippen LogP contribution in [0.3, 0.4) is 0 Å². The van der Waals surface area contributed by atoms with Crippen LogP contribution in [0, 0.1) is 0 Å². The van der Waals surface area contributed by atoms with Gasteiger partial charge in [0.1, 0.15) is 0 Å². The first kappa shape index (κ1) is 20.4. The molecule has 142 valence electrons. The monoisotopic (exact) mass is 399 g/mol. The fourth-order valence-corrected chi connectivity index (χ4v) is 3.43. The van der Waals surface area contributed by atoms with E-state index in [0.29, 0.717) is 29.5 Å². The average molecular weight is 400 g/mol. The van der Waals surface area contributed by atoms with Gasteiger partial charge in [0.15, 0.2) is 0 Å². The predicted molar refractivity (Wildman–Crippen MR) is 102 cm³/mol. The van der Waals surface area contributed by atoms with Crippen molar-refractivity contribution < 1.29 is 18.3 Å². The van der Waals surface area contributed by atoms with E-state index in [2.05, 4.69) is 9.72 Å². The van der Waals surface area contributed by atoms with Gasteiger partial charge in [-0.25, -0.2) is 13.5 Å². The molecule has 2 atom stereocenters. The number of hydrogen-bond acceptors (Lipinski definition) is 4. The number of aromatic nitrogens is 2. The second-order valence-corrected chi connectivity index (χ2v) is 6.93. The second-order valence-electron chi connectivity index (χ2n) is 5.67. The molecule has 0 aliphatic rings. The molecule has 9 heteroatoms. The summed E-state index contributed by atoms with van der Waals surface area (Å²) in [5, 5.41) is 0.537. The number of imidazole rings is 1. The molecule has 1 aromatic carbocycles. The van der Waals surface area contributed by atoms with Crippen LogP contribution >= 0.6 is 11.6 Å². The van der Waals surface area contributed by atoms with Gasteiger partial charge in [-0.3, -0.25) is 9.35 Å². The molecule has 2 unspecified atom stereocenters. The maximum atomic E-state index is 12.0. The van der Waals surface area contributed by atoms with Crippen LogP contribution in [0.1, 0.15) is 38.6 Å². The lowest BCUT2D eigenvalue weighted by atomic mass is 10.1. The zero-order valence-corrected chi connectivity index (χ0v) is 16.2. The minimum absolute atomic E-state index is 0.0375. The van der Waals surface area contributed by atoms with E-state index in [1.165, 1.54) is 11.4 Å². The van der Waals surface area contributed by atoms with Crippen molar-refractivity contribution in [3.05, 3.63) is 41.7 Å². The number of carbonyl (C=O) groups excluding carboxylic acids is 1. The molecule has 26 heavy (non-hydrogen) atoms. The molecular weight excluding hydrogens is 378 g/mol. The van der Waals surface area contributed by atoms with Crippen LogP contribution in [0.5, 0.6) is 0 Å². The molecule has 0 aliphatic heterocycles. The van der Waals surface area contributed by atoms with E-state index in [1.807, 2.05) is 11.5 Å². The summed E-state index contributed by atoms with van der Waals surface area (Å²) in [6, 6.07) is 6.66. The van der Waals surface area contributed by atoms with Crippen LogP contribution < -0.4 is 4.31 Å². The van der Waals surface area contributed by atoms with Crippen molar-refractivity contribution in [1.82, 2.24) is 9.55 Å². The standard InChI is InChI=1S/C17H22ClN3O4S/c1-3-14(5-4-6-16(22)25-2)20-12-11-19-17(20)21(26(23)24)15-9-7-13(18)8-10-15/h7-12,14H,3-6H2,1-2H3,(H,23,24). The van der Waals surface area contributed by atoms with Gasteiger partial charge in [0.2, 0.25) is 5.95 Å². The lowest BCUT2D eigenvalue weighted by molar-refractivity contribution is -0.140. The van der Waals surface area contributed by atoms with Crippen molar-refractivity contribution in [2.45, 2.75) is 38.6 Å². The van der Waals surface area contributed by atoms with Gasteiger partial charge in [0.05, 0.1) is 12.8 Å². The molecule has 0 saturated heterocycles. The third-order valence-corrected chi connectivity index (χ3v) is 5.00. The van der Waals surface area contributed by atoms with Gasteiger partial charge in [-0.15, -0.1) is 0 Å². The number of nitrogens with zero attached hydrogens (tertiary/aromatic N) is 3. The number of benzene rings is 1. The van der Waals surface area contributed by atoms with Crippen molar-refractivity contribution in [1.29, 1.82) is 0 Å². The van der Waals surface area contributed by atoms with Crippen molar-refractivity contribution in [2.75, 3.05) is 11.4 Å². The predicted octanol–water partition coefficient (Wildman–Crippen LogP) is 4.11. The fraction of sp³-hybridized carbons (Fsp3) is 0.412. The SMILES string of the molecule is CCC(CCCC(=O)OC)n1ccnc1N(c1ccc(Cl)cc1)S(=O)O. The van der Waals surface area contributed by atoms with Crippen LogP contribution in [0.4, 0.5) is 11.6 Å². The zero-order chi connectivity index (χ0) is 19.1. The van der Waals surface area contributed by atoms with Crippen molar-refractivity contribution in [2.24, 2.45) is 0 Å². The molecule has 0 amide bonds. The number of anilines is 2. The van der Waals surface area contributed by atoms with Gasteiger partial charge < -0.3 is 9.30 Å². The summed E-state index contributed by atoms with van der Waals surface area (Å²) in [6.45, 7) is 2.02. The number of ether oxygens (including phenoxy) is 1. The van der Waals surface area contributed by atoms with E-state index in [-0.39, 0.29) is 12.0 Å². The summed E-state index contributed by atoms with van der Waals surface area (Å²) < 4.78 is 29.6. The number of carbonyl (C=O) groups is 1. The minimum Gasteiger partial charge on any atom is -0.469 e. The molecule has 1 heterocycles. The summed E-state index contributed by atoms with van der Waals surface area (Å²) in [5.74, 6) is 0.114. The van der Waals surface area contributed by atoms with Gasteiger partial charge in [0, 0.05) is 29.9 Å². The number of rotatable bonds is 9. The smallest absolute Gasteiger partial charge is 0.305 e. The maximum absolute atomic E-state index is 12.0. The highest BCUT2D eigenvalue weighted by Gasteiger charge is 2.23. The van der Waals surface area contributed by atoms with Crippen molar-refractivity contribution in [3.8, 4) is 0 Å². The Morgan fingerprint density at radius 2 is 2.12 bits per heavy atom. The van der Waals surface area contributed by atoms with Crippen molar-refractivity contribution in [3.63, 3.8) is 0 Å². The number of halogens is 1. The largest absolute Gasteiger partial charge is 0.469 e. The van der Waals surface area contributed by atoms with E-state index in [1.54, 1.807) is 36.7 Å². The molecule has 0 fully saturated rings. The van der Waals surface area contributed by atoms with Crippen LogP contribution in [0.25, 0.3) is 0 Å². The molecule has 1 N–H and O–H groups in total. The third kappa shape index (κ3) is 5.06. The van der Waals surface area contributed by atoms with Gasteiger partial charge >= 0.3 is 5.97 Å². The zero-order valence-electron chi connectivity index (χ0n) is 14.7. The molecular formula is C17H22ClN3O4S. The molecule has 0 radical (unpaired) electrons. The van der Waals surface area contributed by atoms with Crippen LogP contribution in [-0.2, 0) is 20.8 Å². The van der Waals surface area contributed by atoms with Gasteiger partial charge in [0.25, 0.3) is 11.3 Å². The van der Waals surface area contributed by atoms with Gasteiger partial charge in [-0.2, -0.15) is 0 Å². The Labute approximate surface area is 160 Å². The number of methoxy groups -OCH3 is 1. The van der Waals surface area contributed by atoms with Crippen LogP contribution in [0.2, 0.25) is 5.02 Å². The lowest BCUT2D eigenvalue weighted by Gasteiger charge is -2.24. The highest BCUT2D eigenvalue weighted by molar-refractivity contribution is 7.81. The molecule has 0 bridgehead atoms. The summed E-state index contributed by atoms with van der Waals surface area (Å²) in [5.41, 5.74) is 0.507. The molecule has 2 rings (SSSR count). The highest BCUT2D eigenvalue weighted by atomic mass is 35.5. The first-order valence-corrected chi connectivity index (χ1v) is 9.68. The van der Waals surface area contributed by atoms with Crippen molar-refractivity contribution >= 4 is 40.5 Å². The topological polar surface area (TPSA) is 84.7 Å². The molecule has 0 spiro atoms. The van der Waals surface area contributed by atoms with E-state index >= 15 is 0 Å².